The van der Waals surface area contributed by atoms with Gasteiger partial charge in [-0.25, -0.2) is 4.79 Å². The first kappa shape index (κ1) is 14.8. The van der Waals surface area contributed by atoms with Crippen molar-refractivity contribution in [1.82, 2.24) is 15.5 Å². The molecule has 0 radical (unpaired) electrons. The number of amides is 4. The minimum absolute atomic E-state index is 0.0574. The lowest BCUT2D eigenvalue weighted by molar-refractivity contribution is -0.137. The second-order valence-electron chi connectivity index (χ2n) is 5.56. The van der Waals surface area contributed by atoms with Gasteiger partial charge in [0, 0.05) is 13.1 Å². The van der Waals surface area contributed by atoms with Crippen LogP contribution in [0.5, 0.6) is 0 Å². The highest BCUT2D eigenvalue weighted by molar-refractivity contribution is 6.07. The Morgan fingerprint density at radius 3 is 2.55 bits per heavy atom. The molecule has 2 heterocycles. The molecule has 0 aromatic heterocycles. The lowest BCUT2D eigenvalue weighted by atomic mass is 9.87. The predicted molar refractivity (Wildman–Crippen MR) is 72.7 cm³/mol. The van der Waals surface area contributed by atoms with Gasteiger partial charge in [-0.3, -0.25) is 14.9 Å². The zero-order valence-corrected chi connectivity index (χ0v) is 11.8. The molecule has 0 unspecified atom stereocenters. The van der Waals surface area contributed by atoms with E-state index in [1.54, 1.807) is 4.90 Å². The average molecular weight is 282 g/mol. The number of carbonyl (C=O) groups is 3. The third kappa shape index (κ3) is 2.77. The predicted octanol–water partition coefficient (Wildman–Crippen LogP) is -0.295. The number of hydrogen-bond acceptors (Lipinski definition) is 4. The smallest absolute Gasteiger partial charge is 0.322 e. The number of carbonyl (C=O) groups excluding carboxylic acids is 3. The zero-order valence-electron chi connectivity index (χ0n) is 11.8. The summed E-state index contributed by atoms with van der Waals surface area (Å²) in [5, 5.41) is 4.93. The highest BCUT2D eigenvalue weighted by Gasteiger charge is 2.48. The number of nitrogens with two attached hydrogens (primary N) is 1. The van der Waals surface area contributed by atoms with Crippen LogP contribution in [0.2, 0.25) is 0 Å². The molecule has 2 saturated heterocycles. The van der Waals surface area contributed by atoms with Crippen molar-refractivity contribution in [2.75, 3.05) is 13.1 Å². The molecule has 0 aromatic carbocycles. The third-order valence-corrected chi connectivity index (χ3v) is 4.13. The molecule has 20 heavy (non-hydrogen) atoms. The Bertz CT molecular complexity index is 416. The Balaban J connectivity index is 1.89. The quantitative estimate of drug-likeness (QED) is 0.616. The normalized spacial score (nSPS) is 22.6. The monoisotopic (exact) mass is 282 g/mol. The van der Waals surface area contributed by atoms with E-state index in [1.807, 2.05) is 0 Å². The minimum Gasteiger partial charge on any atom is -0.341 e. The van der Waals surface area contributed by atoms with Gasteiger partial charge in [-0.1, -0.05) is 19.8 Å². The van der Waals surface area contributed by atoms with Gasteiger partial charge in [0.05, 0.1) is 6.04 Å². The van der Waals surface area contributed by atoms with E-state index in [1.165, 1.54) is 0 Å². The van der Waals surface area contributed by atoms with Crippen molar-refractivity contribution >= 4 is 17.8 Å². The Kier molecular flexibility index (Phi) is 4.27. The summed E-state index contributed by atoms with van der Waals surface area (Å²) < 4.78 is 0. The summed E-state index contributed by atoms with van der Waals surface area (Å²) in [7, 11) is 0. The first-order chi connectivity index (χ1) is 9.48. The molecule has 7 heteroatoms. The molecule has 1 spiro atoms. The van der Waals surface area contributed by atoms with Gasteiger partial charge in [0.25, 0.3) is 5.91 Å². The van der Waals surface area contributed by atoms with Crippen molar-refractivity contribution < 1.29 is 14.4 Å². The third-order valence-electron chi connectivity index (χ3n) is 4.13. The van der Waals surface area contributed by atoms with Crippen LogP contribution in [0.3, 0.4) is 0 Å². The highest BCUT2D eigenvalue weighted by atomic mass is 16.2. The summed E-state index contributed by atoms with van der Waals surface area (Å²) in [4.78, 5) is 36.9. The first-order valence-corrected chi connectivity index (χ1v) is 7.16. The van der Waals surface area contributed by atoms with Crippen LogP contribution in [0.15, 0.2) is 0 Å². The summed E-state index contributed by atoms with van der Waals surface area (Å²) in [6.45, 7) is 2.96. The minimum atomic E-state index is -0.832. The number of unbranched alkanes of at least 4 members (excludes halogenated alkanes) is 1. The fourth-order valence-electron chi connectivity index (χ4n) is 2.77. The SMILES string of the molecule is CCCC[C@H](N)C(=O)N1CCC2(CC1)NC(=O)NC2=O. The maximum atomic E-state index is 12.2. The van der Waals surface area contributed by atoms with Gasteiger partial charge in [-0.05, 0) is 19.3 Å². The molecule has 1 atom stereocenters. The van der Waals surface area contributed by atoms with Gasteiger partial charge in [0.1, 0.15) is 5.54 Å². The van der Waals surface area contributed by atoms with E-state index < -0.39 is 17.6 Å². The fraction of sp³-hybridized carbons (Fsp3) is 0.769. The van der Waals surface area contributed by atoms with Crippen molar-refractivity contribution in [3.05, 3.63) is 0 Å². The molecule has 7 nitrogen and oxygen atoms in total. The van der Waals surface area contributed by atoms with Crippen LogP contribution in [-0.2, 0) is 9.59 Å². The molecule has 2 rings (SSSR count). The molecule has 2 aliphatic rings. The van der Waals surface area contributed by atoms with Gasteiger partial charge < -0.3 is 16.0 Å². The number of nitrogens with one attached hydrogen (secondary N) is 2. The maximum Gasteiger partial charge on any atom is 0.322 e. The molecule has 2 fully saturated rings. The zero-order chi connectivity index (χ0) is 14.8. The second-order valence-corrected chi connectivity index (χ2v) is 5.56. The van der Waals surface area contributed by atoms with E-state index in [0.29, 0.717) is 32.4 Å². The van der Waals surface area contributed by atoms with Crippen LogP contribution in [0.4, 0.5) is 4.79 Å². The van der Waals surface area contributed by atoms with E-state index >= 15 is 0 Å². The Hall–Kier alpha value is -1.63. The maximum absolute atomic E-state index is 12.2. The molecule has 0 saturated carbocycles. The Morgan fingerprint density at radius 2 is 2.05 bits per heavy atom. The number of urea groups is 1. The molecule has 0 bridgehead atoms. The summed E-state index contributed by atoms with van der Waals surface area (Å²) in [6.07, 6.45) is 3.52. The van der Waals surface area contributed by atoms with Crippen molar-refractivity contribution in [2.45, 2.75) is 50.6 Å². The lowest BCUT2D eigenvalue weighted by Crippen LogP contribution is -2.57. The van der Waals surface area contributed by atoms with E-state index in [2.05, 4.69) is 17.6 Å². The van der Waals surface area contributed by atoms with Crippen molar-refractivity contribution in [3.8, 4) is 0 Å². The van der Waals surface area contributed by atoms with E-state index in [4.69, 9.17) is 5.73 Å². The van der Waals surface area contributed by atoms with Gasteiger partial charge in [0.15, 0.2) is 0 Å². The summed E-state index contributed by atoms with van der Waals surface area (Å²) in [5.74, 6) is -0.345. The van der Waals surface area contributed by atoms with Crippen molar-refractivity contribution in [1.29, 1.82) is 0 Å². The van der Waals surface area contributed by atoms with Crippen LogP contribution in [0.1, 0.15) is 39.0 Å². The van der Waals surface area contributed by atoms with Gasteiger partial charge in [-0.2, -0.15) is 0 Å². The topological polar surface area (TPSA) is 105 Å². The lowest BCUT2D eigenvalue weighted by Gasteiger charge is -2.37. The van der Waals surface area contributed by atoms with E-state index in [0.717, 1.165) is 12.8 Å². The second kappa shape index (κ2) is 5.78. The standard InChI is InChI=1S/C13H22N4O3/c1-2-3-4-9(14)10(18)17-7-5-13(6-8-17)11(19)15-12(20)16-13/h9H,2-8,14H2,1H3,(H2,15,16,19,20)/t9-/m0/s1. The molecular weight excluding hydrogens is 260 g/mol. The summed E-state index contributed by atoms with van der Waals surface area (Å²) >= 11 is 0. The molecule has 4 amide bonds. The van der Waals surface area contributed by atoms with Gasteiger partial charge >= 0.3 is 6.03 Å². The van der Waals surface area contributed by atoms with Crippen LogP contribution in [0.25, 0.3) is 0 Å². The van der Waals surface area contributed by atoms with E-state index in [-0.39, 0.29) is 11.8 Å². The van der Waals surface area contributed by atoms with Crippen LogP contribution in [0, 0.1) is 0 Å². The van der Waals surface area contributed by atoms with Crippen LogP contribution in [-0.4, -0.2) is 47.4 Å². The highest BCUT2D eigenvalue weighted by Crippen LogP contribution is 2.25. The number of nitrogens with zero attached hydrogens (tertiary/aromatic N) is 1. The average Bonchev–Trinajstić information content (AvgIpc) is 2.70. The number of rotatable bonds is 4. The number of imide groups is 1. The molecular formula is C13H22N4O3. The van der Waals surface area contributed by atoms with Gasteiger partial charge in [-0.15, -0.1) is 0 Å². The van der Waals surface area contributed by atoms with Crippen molar-refractivity contribution in [3.63, 3.8) is 0 Å². The molecule has 4 N–H and O–H groups in total. The molecule has 112 valence electrons. The number of hydrogen-bond donors (Lipinski definition) is 3. The number of likely N-dealkylation sites (tertiary alicyclic amines) is 1. The number of piperidine rings is 1. The fourth-order valence-corrected chi connectivity index (χ4v) is 2.77. The van der Waals surface area contributed by atoms with Crippen molar-refractivity contribution in [2.24, 2.45) is 5.73 Å². The molecule has 0 aliphatic carbocycles. The molecule has 2 aliphatic heterocycles. The Morgan fingerprint density at radius 1 is 1.40 bits per heavy atom. The molecule has 0 aromatic rings. The first-order valence-electron chi connectivity index (χ1n) is 7.16. The Labute approximate surface area is 118 Å². The summed E-state index contributed by atoms with van der Waals surface area (Å²) in [5.41, 5.74) is 5.06. The largest absolute Gasteiger partial charge is 0.341 e. The van der Waals surface area contributed by atoms with E-state index in [9.17, 15) is 14.4 Å². The van der Waals surface area contributed by atoms with Gasteiger partial charge in [0.2, 0.25) is 5.91 Å². The summed E-state index contributed by atoms with van der Waals surface area (Å²) in [6, 6.07) is -0.912. The van der Waals surface area contributed by atoms with Crippen LogP contribution < -0.4 is 16.4 Å². The van der Waals surface area contributed by atoms with Crippen LogP contribution >= 0.6 is 0 Å².